The number of sulfonamides is 1. The first-order chi connectivity index (χ1) is 7.74. The molecule has 17 heavy (non-hydrogen) atoms. The topological polar surface area (TPSA) is 110 Å². The number of hydrogen-bond acceptors (Lipinski definition) is 5. The molecule has 0 heterocycles. The lowest BCUT2D eigenvalue weighted by Crippen LogP contribution is -2.22. The first-order valence-electron chi connectivity index (χ1n) is 4.73. The van der Waals surface area contributed by atoms with Crippen molar-refractivity contribution in [3.63, 3.8) is 0 Å². The molecule has 0 amide bonds. The number of hydrogen-bond donors (Lipinski definition) is 2. The molecule has 0 saturated carbocycles. The fourth-order valence-corrected chi connectivity index (χ4v) is 1.74. The lowest BCUT2D eigenvalue weighted by molar-refractivity contribution is -0.384. The van der Waals surface area contributed by atoms with Crippen LogP contribution < -0.4 is 4.72 Å². The van der Waals surface area contributed by atoms with Crippen molar-refractivity contribution in [2.75, 3.05) is 4.72 Å². The summed E-state index contributed by atoms with van der Waals surface area (Å²) in [5.41, 5.74) is -0.657. The van der Waals surface area contributed by atoms with Crippen LogP contribution in [0.2, 0.25) is 0 Å². The highest BCUT2D eigenvalue weighted by Gasteiger charge is 2.22. The molecule has 1 rings (SSSR count). The minimum absolute atomic E-state index is 0.165. The summed E-state index contributed by atoms with van der Waals surface area (Å²) >= 11 is 0. The number of phenols is 1. The van der Waals surface area contributed by atoms with Gasteiger partial charge in [0.05, 0.1) is 16.2 Å². The van der Waals surface area contributed by atoms with Crippen LogP contribution in [0, 0.1) is 10.1 Å². The van der Waals surface area contributed by atoms with Crippen LogP contribution in [0.15, 0.2) is 18.2 Å². The van der Waals surface area contributed by atoms with Gasteiger partial charge in [-0.2, -0.15) is 0 Å². The first kappa shape index (κ1) is 13.2. The third-order valence-electron chi connectivity index (χ3n) is 2.05. The fourth-order valence-electron chi connectivity index (χ4n) is 1.03. The molecule has 0 atom stereocenters. The smallest absolute Gasteiger partial charge is 0.296 e. The molecule has 0 bridgehead atoms. The molecule has 0 unspecified atom stereocenters. The van der Waals surface area contributed by atoms with E-state index in [-0.39, 0.29) is 11.4 Å². The van der Waals surface area contributed by atoms with Crippen molar-refractivity contribution in [1.82, 2.24) is 0 Å². The van der Waals surface area contributed by atoms with Crippen LogP contribution in [-0.2, 0) is 10.0 Å². The second kappa shape index (κ2) is 4.58. The Bertz CT molecular complexity index is 538. The van der Waals surface area contributed by atoms with Crippen molar-refractivity contribution in [2.45, 2.75) is 19.1 Å². The van der Waals surface area contributed by atoms with Gasteiger partial charge in [0.1, 0.15) is 11.4 Å². The van der Waals surface area contributed by atoms with Gasteiger partial charge in [-0.15, -0.1) is 0 Å². The summed E-state index contributed by atoms with van der Waals surface area (Å²) in [4.78, 5) is 9.92. The Labute approximate surface area is 98.3 Å². The van der Waals surface area contributed by atoms with Crippen molar-refractivity contribution in [3.05, 3.63) is 28.3 Å². The lowest BCUT2D eigenvalue weighted by atomic mass is 10.2. The van der Waals surface area contributed by atoms with E-state index in [2.05, 4.69) is 4.72 Å². The number of rotatable bonds is 4. The zero-order valence-electron chi connectivity index (χ0n) is 9.25. The van der Waals surface area contributed by atoms with Crippen LogP contribution in [0.25, 0.3) is 0 Å². The van der Waals surface area contributed by atoms with Gasteiger partial charge >= 0.3 is 0 Å². The average Bonchev–Trinajstić information content (AvgIpc) is 2.19. The van der Waals surface area contributed by atoms with Crippen LogP contribution >= 0.6 is 0 Å². The molecule has 0 aliphatic heterocycles. The molecule has 1 aromatic carbocycles. The predicted octanol–water partition coefficient (Wildman–Crippen LogP) is 1.45. The highest BCUT2D eigenvalue weighted by atomic mass is 32.2. The molecule has 0 aliphatic rings. The monoisotopic (exact) mass is 260 g/mol. The molecule has 2 N–H and O–H groups in total. The number of nitrogens with zero attached hydrogens (tertiary/aromatic N) is 1. The van der Waals surface area contributed by atoms with E-state index >= 15 is 0 Å². The van der Waals surface area contributed by atoms with Crippen LogP contribution in [0.4, 0.5) is 11.4 Å². The van der Waals surface area contributed by atoms with E-state index in [1.807, 2.05) is 0 Å². The summed E-state index contributed by atoms with van der Waals surface area (Å²) in [5.74, 6) is -0.302. The summed E-state index contributed by atoms with van der Waals surface area (Å²) in [7, 11) is -3.66. The normalized spacial score (nSPS) is 11.5. The number of aromatic hydroxyl groups is 1. The van der Waals surface area contributed by atoms with Gasteiger partial charge in [0.25, 0.3) is 5.69 Å². The van der Waals surface area contributed by atoms with Crippen LogP contribution in [-0.4, -0.2) is 23.7 Å². The predicted molar refractivity (Wildman–Crippen MR) is 62.4 cm³/mol. The van der Waals surface area contributed by atoms with Crippen molar-refractivity contribution < 1.29 is 18.4 Å². The highest BCUT2D eigenvalue weighted by Crippen LogP contribution is 2.29. The first-order valence-corrected chi connectivity index (χ1v) is 6.27. The quantitative estimate of drug-likeness (QED) is 0.483. The molecule has 0 radical (unpaired) electrons. The molecule has 1 aromatic rings. The van der Waals surface area contributed by atoms with E-state index in [0.29, 0.717) is 0 Å². The fraction of sp³-hybridized carbons (Fsp3) is 0.333. The molecule has 0 spiro atoms. The molecule has 94 valence electrons. The Kier molecular flexibility index (Phi) is 3.56. The number of nitro benzene ring substituents is 1. The number of anilines is 1. The van der Waals surface area contributed by atoms with Gasteiger partial charge in [0.15, 0.2) is 0 Å². The maximum absolute atomic E-state index is 11.6. The van der Waals surface area contributed by atoms with Gasteiger partial charge < -0.3 is 5.11 Å². The number of benzene rings is 1. The van der Waals surface area contributed by atoms with Crippen LogP contribution in [0.3, 0.4) is 0 Å². The molecule has 0 fully saturated rings. The van der Waals surface area contributed by atoms with Gasteiger partial charge in [0, 0.05) is 0 Å². The zero-order chi connectivity index (χ0) is 13.2. The average molecular weight is 260 g/mol. The van der Waals surface area contributed by atoms with Gasteiger partial charge in [0.2, 0.25) is 10.0 Å². The van der Waals surface area contributed by atoms with Crippen molar-refractivity contribution in [2.24, 2.45) is 0 Å². The van der Waals surface area contributed by atoms with Crippen molar-refractivity contribution in [1.29, 1.82) is 0 Å². The summed E-state index contributed by atoms with van der Waals surface area (Å²) in [6, 6.07) is 3.21. The number of phenolic OH excluding ortho intramolecular Hbond substituents is 1. The van der Waals surface area contributed by atoms with E-state index in [1.54, 1.807) is 0 Å². The van der Waals surface area contributed by atoms with Gasteiger partial charge in [-0.3, -0.25) is 14.8 Å². The van der Waals surface area contributed by atoms with Crippen molar-refractivity contribution in [3.8, 4) is 5.75 Å². The van der Waals surface area contributed by atoms with Gasteiger partial charge in [-0.1, -0.05) is 0 Å². The maximum Gasteiger partial charge on any atom is 0.296 e. The SMILES string of the molecule is CC(C)S(=O)(=O)Nc1ccc(O)cc1[N+](=O)[O-]. The standard InChI is InChI=1S/C9H12N2O5S/c1-6(2)17(15,16)10-8-4-3-7(12)5-9(8)11(13)14/h3-6,10,12H,1-2H3. The lowest BCUT2D eigenvalue weighted by Gasteiger charge is -2.10. The van der Waals surface area contributed by atoms with E-state index < -0.39 is 25.9 Å². The third kappa shape index (κ3) is 3.06. The largest absolute Gasteiger partial charge is 0.508 e. The summed E-state index contributed by atoms with van der Waals surface area (Å²) in [6.45, 7) is 2.91. The summed E-state index contributed by atoms with van der Waals surface area (Å²) in [6.07, 6.45) is 0. The molecule has 0 aliphatic carbocycles. The molecule has 8 heteroatoms. The Morgan fingerprint density at radius 2 is 2.00 bits per heavy atom. The Hall–Kier alpha value is -1.83. The maximum atomic E-state index is 11.6. The van der Waals surface area contributed by atoms with Crippen LogP contribution in [0.5, 0.6) is 5.75 Å². The second-order valence-electron chi connectivity index (χ2n) is 3.65. The summed E-state index contributed by atoms with van der Waals surface area (Å²) < 4.78 is 25.2. The molecular weight excluding hydrogens is 248 g/mol. The summed E-state index contributed by atoms with van der Waals surface area (Å²) in [5, 5.41) is 19.1. The highest BCUT2D eigenvalue weighted by molar-refractivity contribution is 7.93. The Morgan fingerprint density at radius 1 is 1.41 bits per heavy atom. The van der Waals surface area contributed by atoms with E-state index in [4.69, 9.17) is 5.11 Å². The Balaban J connectivity index is 3.20. The Morgan fingerprint density at radius 3 is 2.47 bits per heavy atom. The van der Waals surface area contributed by atoms with Crippen LogP contribution in [0.1, 0.15) is 13.8 Å². The molecule has 0 aromatic heterocycles. The molecule has 7 nitrogen and oxygen atoms in total. The van der Waals surface area contributed by atoms with E-state index in [0.717, 1.165) is 12.1 Å². The zero-order valence-corrected chi connectivity index (χ0v) is 10.1. The number of nitrogens with one attached hydrogen (secondary N) is 1. The van der Waals surface area contributed by atoms with Gasteiger partial charge in [-0.05, 0) is 26.0 Å². The van der Waals surface area contributed by atoms with Crippen molar-refractivity contribution >= 4 is 21.4 Å². The minimum atomic E-state index is -3.66. The molecular formula is C9H12N2O5S. The number of nitro groups is 1. The van der Waals surface area contributed by atoms with Gasteiger partial charge in [-0.25, -0.2) is 8.42 Å². The minimum Gasteiger partial charge on any atom is -0.508 e. The second-order valence-corrected chi connectivity index (χ2v) is 5.89. The third-order valence-corrected chi connectivity index (χ3v) is 3.80. The molecule has 0 saturated heterocycles. The van der Waals surface area contributed by atoms with E-state index in [1.165, 1.54) is 19.9 Å². The van der Waals surface area contributed by atoms with E-state index in [9.17, 15) is 18.5 Å².